The Hall–Kier alpha value is -0.470. The second kappa shape index (κ2) is 6.34. The average Bonchev–Trinajstić information content (AvgIpc) is 3.18. The molecular formula is C14H22N2O3S2. The van der Waals surface area contributed by atoms with Crippen LogP contribution >= 0.6 is 11.3 Å². The van der Waals surface area contributed by atoms with Crippen LogP contribution in [0.25, 0.3) is 0 Å². The highest BCUT2D eigenvalue weighted by Gasteiger charge is 2.35. The van der Waals surface area contributed by atoms with E-state index in [2.05, 4.69) is 4.90 Å². The minimum Gasteiger partial charge on any atom is -0.391 e. The molecule has 1 unspecified atom stereocenters. The van der Waals surface area contributed by atoms with Gasteiger partial charge in [-0.1, -0.05) is 6.42 Å². The third-order valence-corrected chi connectivity index (χ3v) is 7.37. The number of aliphatic hydroxyl groups excluding tert-OH is 1. The van der Waals surface area contributed by atoms with Gasteiger partial charge in [0.25, 0.3) is 0 Å². The van der Waals surface area contributed by atoms with Gasteiger partial charge in [-0.25, -0.2) is 8.42 Å². The Kier molecular flexibility index (Phi) is 4.66. The molecule has 5 nitrogen and oxygen atoms in total. The number of hydrogen-bond acceptors (Lipinski definition) is 5. The van der Waals surface area contributed by atoms with Crippen LogP contribution in [0.4, 0.5) is 0 Å². The number of thiophene rings is 1. The number of piperidine rings is 1. The van der Waals surface area contributed by atoms with Gasteiger partial charge < -0.3 is 5.11 Å². The van der Waals surface area contributed by atoms with E-state index in [4.69, 9.17) is 5.11 Å². The summed E-state index contributed by atoms with van der Waals surface area (Å²) in [5.74, 6) is 0. The Morgan fingerprint density at radius 3 is 2.67 bits per heavy atom. The van der Waals surface area contributed by atoms with Crippen molar-refractivity contribution in [2.75, 3.05) is 26.2 Å². The zero-order valence-electron chi connectivity index (χ0n) is 12.1. The first-order valence-electron chi connectivity index (χ1n) is 7.54. The van der Waals surface area contributed by atoms with Gasteiger partial charge in [-0.2, -0.15) is 4.31 Å². The third-order valence-electron chi connectivity index (χ3n) is 4.46. The number of hydrogen-bond donors (Lipinski definition) is 1. The minimum absolute atomic E-state index is 0.101. The Bertz CT molecular complexity index is 579. The van der Waals surface area contributed by atoms with Crippen LogP contribution in [0.5, 0.6) is 0 Å². The lowest BCUT2D eigenvalue weighted by molar-refractivity contribution is 0.169. The van der Waals surface area contributed by atoms with Crippen LogP contribution < -0.4 is 0 Å². The van der Waals surface area contributed by atoms with E-state index in [0.29, 0.717) is 28.9 Å². The molecule has 3 heterocycles. The summed E-state index contributed by atoms with van der Waals surface area (Å²) < 4.78 is 26.9. The highest BCUT2D eigenvalue weighted by Crippen LogP contribution is 2.28. The fraction of sp³-hybridized carbons (Fsp3) is 0.714. The third kappa shape index (κ3) is 3.17. The topological polar surface area (TPSA) is 60.9 Å². The zero-order chi connectivity index (χ0) is 14.9. The first-order valence-corrected chi connectivity index (χ1v) is 9.85. The van der Waals surface area contributed by atoms with Crippen LogP contribution in [-0.4, -0.2) is 55.0 Å². The van der Waals surface area contributed by atoms with Crippen molar-refractivity contribution >= 4 is 21.4 Å². The van der Waals surface area contributed by atoms with Gasteiger partial charge in [0.15, 0.2) is 0 Å². The summed E-state index contributed by atoms with van der Waals surface area (Å²) in [6.45, 7) is 3.31. The first-order chi connectivity index (χ1) is 10.1. The largest absolute Gasteiger partial charge is 0.391 e. The van der Waals surface area contributed by atoms with E-state index in [1.54, 1.807) is 15.8 Å². The molecule has 1 aromatic heterocycles. The second-order valence-electron chi connectivity index (χ2n) is 5.81. The van der Waals surface area contributed by atoms with Crippen LogP contribution in [-0.2, 0) is 16.6 Å². The lowest BCUT2D eigenvalue weighted by atomic mass is 10.1. The summed E-state index contributed by atoms with van der Waals surface area (Å²) in [4.78, 5) is 3.47. The molecule has 0 bridgehead atoms. The lowest BCUT2D eigenvalue weighted by Gasteiger charge is -2.32. The molecule has 2 aliphatic rings. The van der Waals surface area contributed by atoms with E-state index in [1.807, 2.05) is 0 Å². The molecule has 2 fully saturated rings. The van der Waals surface area contributed by atoms with E-state index >= 15 is 0 Å². The van der Waals surface area contributed by atoms with Crippen molar-refractivity contribution in [2.45, 2.75) is 43.2 Å². The molecule has 0 aliphatic carbocycles. The number of nitrogens with zero attached hydrogens (tertiary/aromatic N) is 2. The van der Waals surface area contributed by atoms with Crippen molar-refractivity contribution in [2.24, 2.45) is 0 Å². The molecule has 0 spiro atoms. The first kappa shape index (κ1) is 15.4. The number of aliphatic hydroxyl groups is 1. The molecule has 118 valence electrons. The molecule has 0 amide bonds. The quantitative estimate of drug-likeness (QED) is 0.909. The Balaban J connectivity index is 1.69. The Morgan fingerprint density at radius 2 is 2.00 bits per heavy atom. The van der Waals surface area contributed by atoms with E-state index in [1.165, 1.54) is 30.6 Å². The minimum atomic E-state index is -3.39. The van der Waals surface area contributed by atoms with E-state index in [0.717, 1.165) is 19.5 Å². The molecule has 0 aromatic carbocycles. The van der Waals surface area contributed by atoms with Crippen molar-refractivity contribution in [3.8, 4) is 0 Å². The predicted octanol–water partition coefficient (Wildman–Crippen LogP) is 1.49. The van der Waals surface area contributed by atoms with Gasteiger partial charge in [0.2, 0.25) is 10.0 Å². The summed E-state index contributed by atoms with van der Waals surface area (Å²) in [6, 6.07) is 1.96. The molecule has 1 atom stereocenters. The molecule has 1 aromatic rings. The van der Waals surface area contributed by atoms with Gasteiger partial charge in [0.05, 0.1) is 11.5 Å². The molecule has 2 aliphatic heterocycles. The van der Waals surface area contributed by atoms with Crippen LogP contribution in [0.1, 0.15) is 30.6 Å². The standard InChI is InChI=1S/C14H22N2O3S2/c17-10-13-8-14(11-20-13)21(18,19)16-7-4-12(9-16)15-5-2-1-3-6-15/h8,11-12,17H,1-7,9-10H2. The van der Waals surface area contributed by atoms with Crippen LogP contribution in [0.3, 0.4) is 0 Å². The fourth-order valence-electron chi connectivity index (χ4n) is 3.24. The molecular weight excluding hydrogens is 308 g/mol. The van der Waals surface area contributed by atoms with E-state index in [9.17, 15) is 8.42 Å². The van der Waals surface area contributed by atoms with Crippen LogP contribution in [0.2, 0.25) is 0 Å². The summed E-state index contributed by atoms with van der Waals surface area (Å²) in [7, 11) is -3.39. The van der Waals surface area contributed by atoms with E-state index in [-0.39, 0.29) is 6.61 Å². The molecule has 2 saturated heterocycles. The van der Waals surface area contributed by atoms with Crippen LogP contribution in [0, 0.1) is 0 Å². The zero-order valence-corrected chi connectivity index (χ0v) is 13.7. The normalized spacial score (nSPS) is 25.5. The molecule has 0 radical (unpaired) electrons. The van der Waals surface area contributed by atoms with Gasteiger partial charge in [-0.15, -0.1) is 11.3 Å². The number of rotatable bonds is 4. The summed E-state index contributed by atoms with van der Waals surface area (Å²) >= 11 is 1.30. The van der Waals surface area contributed by atoms with Crippen molar-refractivity contribution < 1.29 is 13.5 Å². The predicted molar refractivity (Wildman–Crippen MR) is 82.8 cm³/mol. The molecule has 1 N–H and O–H groups in total. The highest BCUT2D eigenvalue weighted by atomic mass is 32.2. The lowest BCUT2D eigenvalue weighted by Crippen LogP contribution is -2.41. The maximum Gasteiger partial charge on any atom is 0.243 e. The van der Waals surface area contributed by atoms with Crippen molar-refractivity contribution in [1.29, 1.82) is 0 Å². The van der Waals surface area contributed by atoms with Crippen molar-refractivity contribution in [3.05, 3.63) is 16.3 Å². The van der Waals surface area contributed by atoms with Gasteiger partial charge in [-0.05, 0) is 38.4 Å². The molecule has 7 heteroatoms. The summed E-state index contributed by atoms with van der Waals surface area (Å²) in [6.07, 6.45) is 4.68. The van der Waals surface area contributed by atoms with Crippen LogP contribution in [0.15, 0.2) is 16.3 Å². The smallest absolute Gasteiger partial charge is 0.243 e. The molecule has 0 saturated carbocycles. The maximum absolute atomic E-state index is 12.6. The van der Waals surface area contributed by atoms with Gasteiger partial charge in [0.1, 0.15) is 0 Å². The number of sulfonamides is 1. The van der Waals surface area contributed by atoms with Gasteiger partial charge in [-0.3, -0.25) is 4.90 Å². The monoisotopic (exact) mass is 330 g/mol. The van der Waals surface area contributed by atoms with E-state index < -0.39 is 10.0 Å². The highest BCUT2D eigenvalue weighted by molar-refractivity contribution is 7.89. The summed E-state index contributed by atoms with van der Waals surface area (Å²) in [5.41, 5.74) is 0. The Labute approximate surface area is 130 Å². The second-order valence-corrected chi connectivity index (χ2v) is 8.74. The SMILES string of the molecule is O=S(=O)(c1csc(CO)c1)N1CCC(N2CCCCC2)C1. The van der Waals surface area contributed by atoms with Gasteiger partial charge >= 0.3 is 0 Å². The Morgan fingerprint density at radius 1 is 1.24 bits per heavy atom. The van der Waals surface area contributed by atoms with Gasteiger partial charge in [0, 0.05) is 29.4 Å². The average molecular weight is 330 g/mol. The number of likely N-dealkylation sites (tertiary alicyclic amines) is 1. The van der Waals surface area contributed by atoms with Crippen molar-refractivity contribution in [3.63, 3.8) is 0 Å². The molecule has 3 rings (SSSR count). The van der Waals surface area contributed by atoms with Crippen molar-refractivity contribution in [1.82, 2.24) is 9.21 Å². The summed E-state index contributed by atoms with van der Waals surface area (Å²) in [5, 5.41) is 10.7. The fourth-order valence-corrected chi connectivity index (χ4v) is 5.85. The molecule has 21 heavy (non-hydrogen) atoms. The maximum atomic E-state index is 12.6.